The van der Waals surface area contributed by atoms with E-state index in [1.807, 2.05) is 13.0 Å². The SMILES string of the molecule is C=Nc1c(N2CCC(CNC(=O)c3ccc(OC)c(OC)c3)CC2)ccnc1N=CC. The number of carbonyl (C=O) groups excluding carboxylic acids is 1. The van der Waals surface area contributed by atoms with Gasteiger partial charge in [-0.15, -0.1) is 0 Å². The standard InChI is InChI=1S/C23H29N5O3/c1-5-25-22-21(24-2)18(8-11-26-22)28-12-9-16(10-13-28)15-27-23(29)17-6-7-19(30-3)20(14-17)31-4/h5-8,11,14,16H,2,9-10,12-13,15H2,1,3-4H3,(H,27,29). The van der Waals surface area contributed by atoms with Crippen molar-refractivity contribution in [3.05, 3.63) is 36.0 Å². The number of nitrogens with one attached hydrogen (secondary N) is 1. The second kappa shape index (κ2) is 10.6. The minimum atomic E-state index is -0.113. The number of piperidine rings is 1. The van der Waals surface area contributed by atoms with E-state index in [9.17, 15) is 4.79 Å². The number of anilines is 1. The zero-order valence-corrected chi connectivity index (χ0v) is 18.3. The highest BCUT2D eigenvalue weighted by molar-refractivity contribution is 5.94. The third-order valence-electron chi connectivity index (χ3n) is 5.45. The zero-order valence-electron chi connectivity index (χ0n) is 18.3. The molecule has 1 saturated heterocycles. The Balaban J connectivity index is 1.57. The molecule has 1 N–H and O–H groups in total. The van der Waals surface area contributed by atoms with Crippen LogP contribution in [-0.2, 0) is 0 Å². The number of amides is 1. The van der Waals surface area contributed by atoms with E-state index in [0.717, 1.165) is 31.6 Å². The minimum Gasteiger partial charge on any atom is -0.493 e. The lowest BCUT2D eigenvalue weighted by molar-refractivity contribution is 0.0944. The van der Waals surface area contributed by atoms with Gasteiger partial charge in [-0.2, -0.15) is 0 Å². The van der Waals surface area contributed by atoms with Crippen LogP contribution in [0.15, 0.2) is 40.4 Å². The summed E-state index contributed by atoms with van der Waals surface area (Å²) in [5.41, 5.74) is 2.26. The van der Waals surface area contributed by atoms with Crippen molar-refractivity contribution < 1.29 is 14.3 Å². The first-order valence-electron chi connectivity index (χ1n) is 10.3. The molecule has 0 spiro atoms. The highest BCUT2D eigenvalue weighted by Gasteiger charge is 2.23. The Hall–Kier alpha value is -3.42. The fraction of sp³-hybridized carbons (Fsp3) is 0.391. The number of nitrogens with zero attached hydrogens (tertiary/aromatic N) is 4. The van der Waals surface area contributed by atoms with E-state index in [2.05, 4.69) is 31.9 Å². The molecule has 1 aliphatic heterocycles. The molecule has 164 valence electrons. The van der Waals surface area contributed by atoms with Gasteiger partial charge in [-0.25, -0.2) is 9.98 Å². The Morgan fingerprint density at radius 1 is 1.26 bits per heavy atom. The minimum absolute atomic E-state index is 0.113. The fourth-order valence-corrected chi connectivity index (χ4v) is 3.75. The molecule has 8 heteroatoms. The maximum absolute atomic E-state index is 12.6. The largest absolute Gasteiger partial charge is 0.493 e. The summed E-state index contributed by atoms with van der Waals surface area (Å²) in [6.45, 7) is 7.92. The van der Waals surface area contributed by atoms with E-state index >= 15 is 0 Å². The Kier molecular flexibility index (Phi) is 7.59. The molecular weight excluding hydrogens is 394 g/mol. The highest BCUT2D eigenvalue weighted by atomic mass is 16.5. The van der Waals surface area contributed by atoms with Gasteiger partial charge in [-0.05, 0) is 56.7 Å². The molecule has 31 heavy (non-hydrogen) atoms. The predicted octanol–water partition coefficient (Wildman–Crippen LogP) is 3.80. The summed E-state index contributed by atoms with van der Waals surface area (Å²) in [7, 11) is 3.13. The van der Waals surface area contributed by atoms with Gasteiger partial charge < -0.3 is 19.7 Å². The van der Waals surface area contributed by atoms with Crippen molar-refractivity contribution in [2.75, 3.05) is 38.8 Å². The molecule has 0 atom stereocenters. The number of benzene rings is 1. The summed E-state index contributed by atoms with van der Waals surface area (Å²) in [6.07, 6.45) is 5.39. The van der Waals surface area contributed by atoms with Crippen LogP contribution < -0.4 is 19.7 Å². The highest BCUT2D eigenvalue weighted by Crippen LogP contribution is 2.37. The van der Waals surface area contributed by atoms with Crippen LogP contribution in [0.4, 0.5) is 17.2 Å². The predicted molar refractivity (Wildman–Crippen MR) is 124 cm³/mol. The summed E-state index contributed by atoms with van der Waals surface area (Å²) in [4.78, 5) is 27.6. The third-order valence-corrected chi connectivity index (χ3v) is 5.45. The molecule has 3 rings (SSSR count). The van der Waals surface area contributed by atoms with E-state index < -0.39 is 0 Å². The maximum Gasteiger partial charge on any atom is 0.251 e. The number of rotatable bonds is 8. The lowest BCUT2D eigenvalue weighted by atomic mass is 9.96. The maximum atomic E-state index is 12.6. The van der Waals surface area contributed by atoms with Crippen molar-refractivity contribution in [2.45, 2.75) is 19.8 Å². The van der Waals surface area contributed by atoms with Crippen molar-refractivity contribution in [2.24, 2.45) is 15.9 Å². The second-order valence-electron chi connectivity index (χ2n) is 7.26. The van der Waals surface area contributed by atoms with Crippen LogP contribution >= 0.6 is 0 Å². The van der Waals surface area contributed by atoms with Crippen LogP contribution in [0.3, 0.4) is 0 Å². The molecule has 0 saturated carbocycles. The van der Waals surface area contributed by atoms with E-state index in [-0.39, 0.29) is 5.91 Å². The fourth-order valence-electron chi connectivity index (χ4n) is 3.75. The van der Waals surface area contributed by atoms with Gasteiger partial charge in [0.1, 0.15) is 5.69 Å². The zero-order chi connectivity index (χ0) is 22.2. The van der Waals surface area contributed by atoms with Gasteiger partial charge in [-0.1, -0.05) is 0 Å². The molecule has 1 fully saturated rings. The van der Waals surface area contributed by atoms with Gasteiger partial charge in [0.25, 0.3) is 5.91 Å². The normalized spacial score (nSPS) is 14.5. The number of hydrogen-bond acceptors (Lipinski definition) is 7. The molecule has 1 aromatic heterocycles. The Morgan fingerprint density at radius 2 is 2.00 bits per heavy atom. The Labute approximate surface area is 183 Å². The average molecular weight is 424 g/mol. The molecule has 8 nitrogen and oxygen atoms in total. The Morgan fingerprint density at radius 3 is 2.65 bits per heavy atom. The van der Waals surface area contributed by atoms with Crippen LogP contribution in [0.1, 0.15) is 30.1 Å². The average Bonchev–Trinajstić information content (AvgIpc) is 2.82. The summed E-state index contributed by atoms with van der Waals surface area (Å²) in [6, 6.07) is 7.13. The number of pyridine rings is 1. The summed E-state index contributed by atoms with van der Waals surface area (Å²) >= 11 is 0. The lowest BCUT2D eigenvalue weighted by Gasteiger charge is -2.34. The van der Waals surface area contributed by atoms with Crippen molar-refractivity contribution in [1.29, 1.82) is 0 Å². The van der Waals surface area contributed by atoms with Crippen molar-refractivity contribution in [1.82, 2.24) is 10.3 Å². The molecule has 0 unspecified atom stereocenters. The van der Waals surface area contributed by atoms with E-state index in [4.69, 9.17) is 9.47 Å². The third kappa shape index (κ3) is 5.20. The molecule has 1 aromatic carbocycles. The van der Waals surface area contributed by atoms with E-state index in [1.165, 1.54) is 0 Å². The van der Waals surface area contributed by atoms with Crippen LogP contribution in [0, 0.1) is 5.92 Å². The molecule has 0 aliphatic carbocycles. The molecule has 0 bridgehead atoms. The van der Waals surface area contributed by atoms with Crippen LogP contribution in [0.5, 0.6) is 11.5 Å². The van der Waals surface area contributed by atoms with Gasteiger partial charge in [0.05, 0.1) is 19.9 Å². The first-order chi connectivity index (χ1) is 15.1. The van der Waals surface area contributed by atoms with E-state index in [1.54, 1.807) is 44.8 Å². The monoisotopic (exact) mass is 423 g/mol. The second-order valence-corrected chi connectivity index (χ2v) is 7.26. The van der Waals surface area contributed by atoms with Gasteiger partial charge in [0.15, 0.2) is 17.3 Å². The first-order valence-corrected chi connectivity index (χ1v) is 10.3. The van der Waals surface area contributed by atoms with Crippen molar-refractivity contribution in [3.8, 4) is 11.5 Å². The summed E-state index contributed by atoms with van der Waals surface area (Å²) in [5.74, 6) is 2.02. The Bertz CT molecular complexity index is 952. The smallest absolute Gasteiger partial charge is 0.251 e. The van der Waals surface area contributed by atoms with Gasteiger partial charge in [0, 0.05) is 37.6 Å². The quantitative estimate of drug-likeness (QED) is 0.653. The first kappa shape index (κ1) is 22.3. The van der Waals surface area contributed by atoms with Crippen molar-refractivity contribution in [3.63, 3.8) is 0 Å². The lowest BCUT2D eigenvalue weighted by Crippen LogP contribution is -2.38. The molecule has 2 heterocycles. The molecule has 1 aliphatic rings. The summed E-state index contributed by atoms with van der Waals surface area (Å²) < 4.78 is 10.5. The summed E-state index contributed by atoms with van der Waals surface area (Å²) in [5, 5.41) is 3.05. The number of methoxy groups -OCH3 is 2. The van der Waals surface area contributed by atoms with E-state index in [0.29, 0.717) is 41.0 Å². The van der Waals surface area contributed by atoms with Crippen molar-refractivity contribution >= 4 is 36.0 Å². The number of hydrogen-bond donors (Lipinski definition) is 1. The molecule has 1 amide bonds. The van der Waals surface area contributed by atoms with Gasteiger partial charge >= 0.3 is 0 Å². The van der Waals surface area contributed by atoms with Crippen LogP contribution in [0.2, 0.25) is 0 Å². The number of aliphatic imine (C=N–C) groups is 2. The number of ether oxygens (including phenoxy) is 2. The molecule has 0 radical (unpaired) electrons. The van der Waals surface area contributed by atoms with Gasteiger partial charge in [0.2, 0.25) is 0 Å². The molecular formula is C23H29N5O3. The topological polar surface area (TPSA) is 88.4 Å². The van der Waals surface area contributed by atoms with Crippen LogP contribution in [-0.4, -0.2) is 57.7 Å². The van der Waals surface area contributed by atoms with Crippen LogP contribution in [0.25, 0.3) is 0 Å². The number of aromatic nitrogens is 1. The number of carbonyl (C=O) groups is 1. The van der Waals surface area contributed by atoms with Gasteiger partial charge in [-0.3, -0.25) is 9.79 Å². The molecule has 2 aromatic rings.